The second-order valence-corrected chi connectivity index (χ2v) is 8.28. The molecule has 0 spiro atoms. The van der Waals surface area contributed by atoms with Gasteiger partial charge in [-0.2, -0.15) is 0 Å². The Morgan fingerprint density at radius 2 is 2.14 bits per heavy atom. The Labute approximate surface area is 134 Å². The van der Waals surface area contributed by atoms with Crippen molar-refractivity contribution < 1.29 is 22.6 Å². The number of benzene rings is 1. The van der Waals surface area contributed by atoms with Gasteiger partial charge in [-0.3, -0.25) is 0 Å². The monoisotopic (exact) mass is 343 g/mol. The third-order valence-electron chi connectivity index (χ3n) is 4.32. The Morgan fingerprint density at radius 3 is 2.73 bits per heavy atom. The van der Waals surface area contributed by atoms with Gasteiger partial charge < -0.3 is 19.9 Å². The first-order chi connectivity index (χ1) is 10.3. The summed E-state index contributed by atoms with van der Waals surface area (Å²) in [5.74, 6) is 0.910. The molecule has 0 saturated heterocycles. The van der Waals surface area contributed by atoms with Crippen molar-refractivity contribution >= 4 is 27.0 Å². The zero-order valence-electron chi connectivity index (χ0n) is 12.2. The van der Waals surface area contributed by atoms with Gasteiger partial charge in [0.05, 0.1) is 22.3 Å². The van der Waals surface area contributed by atoms with Gasteiger partial charge in [-0.05, 0) is 17.7 Å². The molecule has 2 aliphatic rings. The summed E-state index contributed by atoms with van der Waals surface area (Å²) < 4.78 is 40.2. The lowest BCUT2D eigenvalue weighted by Gasteiger charge is -2.15. The van der Waals surface area contributed by atoms with Crippen LogP contribution in [0.25, 0.3) is 0 Å². The molecule has 0 bridgehead atoms. The topological polar surface area (TPSA) is 87.8 Å². The maximum atomic E-state index is 12.2. The van der Waals surface area contributed by atoms with Crippen molar-refractivity contribution in [2.24, 2.45) is 11.1 Å². The van der Waals surface area contributed by atoms with Crippen LogP contribution in [0, 0.1) is 5.41 Å². The summed E-state index contributed by atoms with van der Waals surface area (Å²) in [5.41, 5.74) is 5.82. The Bertz CT molecular complexity index is 733. The Kier molecular flexibility index (Phi) is 3.58. The van der Waals surface area contributed by atoms with Crippen molar-refractivity contribution in [3.8, 4) is 11.5 Å². The minimum Gasteiger partial charge on any atom is -0.454 e. The maximum absolute atomic E-state index is 12.2. The summed E-state index contributed by atoms with van der Waals surface area (Å²) >= 11 is 5.16. The van der Waals surface area contributed by atoms with Crippen LogP contribution in [-0.2, 0) is 14.6 Å². The first-order valence-corrected chi connectivity index (χ1v) is 9.06. The quantitative estimate of drug-likeness (QED) is 0.793. The molecular weight excluding hydrogens is 326 g/mol. The zero-order valence-corrected chi connectivity index (χ0v) is 13.9. The highest BCUT2D eigenvalue weighted by atomic mass is 32.2. The molecule has 2 N–H and O–H groups in total. The molecule has 1 saturated carbocycles. The highest BCUT2D eigenvalue weighted by Gasteiger charge is 2.72. The largest absolute Gasteiger partial charge is 0.454 e. The third-order valence-corrected chi connectivity index (χ3v) is 6.31. The first kappa shape index (κ1) is 15.5. The van der Waals surface area contributed by atoms with Gasteiger partial charge in [0.25, 0.3) is 0 Å². The third kappa shape index (κ3) is 2.17. The number of nitrogens with two attached hydrogens (primary N) is 1. The van der Waals surface area contributed by atoms with E-state index in [0.29, 0.717) is 11.5 Å². The molecule has 8 heteroatoms. The standard InChI is InChI=1S/C14H17NO5S2/c1-18-6-14(13(15)21)11(12(14)22(2,16)17)8-3-4-9-10(5-8)20-7-19-9/h3-5,11-12H,6-7H2,1-2H3,(H2,15,21)/t11-,12+,14-/m1/s1. The molecule has 3 rings (SSSR count). The molecule has 1 aromatic carbocycles. The fourth-order valence-electron chi connectivity index (χ4n) is 3.39. The molecule has 1 heterocycles. The van der Waals surface area contributed by atoms with Gasteiger partial charge in [0.15, 0.2) is 21.3 Å². The molecule has 6 nitrogen and oxygen atoms in total. The molecule has 0 radical (unpaired) electrons. The van der Waals surface area contributed by atoms with E-state index in [4.69, 9.17) is 32.2 Å². The average Bonchev–Trinajstić information content (AvgIpc) is 2.91. The van der Waals surface area contributed by atoms with Crippen LogP contribution in [0.5, 0.6) is 11.5 Å². The molecule has 120 valence electrons. The predicted molar refractivity (Wildman–Crippen MR) is 85.0 cm³/mol. The van der Waals surface area contributed by atoms with Crippen molar-refractivity contribution in [2.75, 3.05) is 26.8 Å². The van der Waals surface area contributed by atoms with Crippen molar-refractivity contribution in [3.63, 3.8) is 0 Å². The number of thiocarbonyl (C=S) groups is 1. The summed E-state index contributed by atoms with van der Waals surface area (Å²) in [4.78, 5) is 0.160. The Hall–Kier alpha value is -1.38. The van der Waals surface area contributed by atoms with Gasteiger partial charge in [-0.15, -0.1) is 0 Å². The van der Waals surface area contributed by atoms with Crippen LogP contribution >= 0.6 is 12.2 Å². The van der Waals surface area contributed by atoms with Crippen LogP contribution in [0.1, 0.15) is 11.5 Å². The van der Waals surface area contributed by atoms with Gasteiger partial charge in [0.1, 0.15) is 0 Å². The second kappa shape index (κ2) is 5.07. The fourth-order valence-corrected chi connectivity index (χ4v) is 5.70. The molecule has 0 unspecified atom stereocenters. The van der Waals surface area contributed by atoms with Gasteiger partial charge >= 0.3 is 0 Å². The van der Waals surface area contributed by atoms with Gasteiger partial charge in [0, 0.05) is 19.3 Å². The lowest BCUT2D eigenvalue weighted by molar-refractivity contribution is 0.166. The van der Waals surface area contributed by atoms with Crippen molar-refractivity contribution in [1.29, 1.82) is 0 Å². The maximum Gasteiger partial charge on any atom is 0.231 e. The molecular formula is C14H17NO5S2. The minimum absolute atomic E-state index is 0.160. The van der Waals surface area contributed by atoms with Crippen LogP contribution in [0.4, 0.5) is 0 Å². The van der Waals surface area contributed by atoms with E-state index in [2.05, 4.69) is 0 Å². The normalized spacial score (nSPS) is 29.4. The van der Waals surface area contributed by atoms with Crippen molar-refractivity contribution in [2.45, 2.75) is 11.2 Å². The SMILES string of the molecule is COC[C@@]1(C(N)=S)[C@H](c2ccc3c(c2)OCO3)[C@@H]1S(C)(=O)=O. The smallest absolute Gasteiger partial charge is 0.231 e. The molecule has 0 amide bonds. The number of hydrogen-bond donors (Lipinski definition) is 1. The van der Waals surface area contributed by atoms with Gasteiger partial charge in [-0.1, -0.05) is 18.3 Å². The highest BCUT2D eigenvalue weighted by Crippen LogP contribution is 2.63. The van der Waals surface area contributed by atoms with Crippen LogP contribution in [0.2, 0.25) is 0 Å². The van der Waals surface area contributed by atoms with Crippen molar-refractivity contribution in [3.05, 3.63) is 23.8 Å². The van der Waals surface area contributed by atoms with Crippen LogP contribution < -0.4 is 15.2 Å². The summed E-state index contributed by atoms with van der Waals surface area (Å²) in [7, 11) is -1.83. The van der Waals surface area contributed by atoms with E-state index in [0.717, 1.165) is 5.56 Å². The lowest BCUT2D eigenvalue weighted by atomic mass is 9.99. The summed E-state index contributed by atoms with van der Waals surface area (Å²) in [6.07, 6.45) is 1.20. The summed E-state index contributed by atoms with van der Waals surface area (Å²) in [5, 5.41) is -0.683. The van der Waals surface area contributed by atoms with Crippen molar-refractivity contribution in [1.82, 2.24) is 0 Å². The van der Waals surface area contributed by atoms with Crippen LogP contribution in [-0.4, -0.2) is 45.4 Å². The van der Waals surface area contributed by atoms with E-state index in [1.54, 1.807) is 12.1 Å². The van der Waals surface area contributed by atoms with E-state index in [1.165, 1.54) is 13.4 Å². The fraction of sp³-hybridized carbons (Fsp3) is 0.500. The van der Waals surface area contributed by atoms with E-state index in [-0.39, 0.29) is 24.3 Å². The van der Waals surface area contributed by atoms with E-state index < -0.39 is 20.5 Å². The number of hydrogen-bond acceptors (Lipinski definition) is 6. The van der Waals surface area contributed by atoms with Crippen LogP contribution in [0.15, 0.2) is 18.2 Å². The number of sulfone groups is 1. The summed E-state index contributed by atoms with van der Waals surface area (Å²) in [6, 6.07) is 5.39. The summed E-state index contributed by atoms with van der Waals surface area (Å²) in [6.45, 7) is 0.330. The van der Waals surface area contributed by atoms with E-state index in [1.807, 2.05) is 6.07 Å². The first-order valence-electron chi connectivity index (χ1n) is 6.69. The molecule has 1 fully saturated rings. The number of ether oxygens (including phenoxy) is 3. The van der Waals surface area contributed by atoms with E-state index >= 15 is 0 Å². The van der Waals surface area contributed by atoms with Crippen LogP contribution in [0.3, 0.4) is 0 Å². The average molecular weight is 343 g/mol. The number of fused-ring (bicyclic) bond motifs is 1. The second-order valence-electron chi connectivity index (χ2n) is 5.68. The molecule has 3 atom stereocenters. The van der Waals surface area contributed by atoms with E-state index in [9.17, 15) is 8.42 Å². The Morgan fingerprint density at radius 1 is 1.45 bits per heavy atom. The zero-order chi connectivity index (χ0) is 16.1. The van der Waals surface area contributed by atoms with Gasteiger partial charge in [0.2, 0.25) is 6.79 Å². The lowest BCUT2D eigenvalue weighted by Crippen LogP contribution is -2.32. The molecule has 22 heavy (non-hydrogen) atoms. The number of methoxy groups -OCH3 is 1. The Balaban J connectivity index is 2.06. The molecule has 0 aromatic heterocycles. The molecule has 1 aromatic rings. The molecule has 1 aliphatic heterocycles. The minimum atomic E-state index is -3.34. The number of rotatable bonds is 5. The highest BCUT2D eigenvalue weighted by molar-refractivity contribution is 7.92. The molecule has 1 aliphatic carbocycles. The predicted octanol–water partition coefficient (Wildman–Crippen LogP) is 0.845. The van der Waals surface area contributed by atoms with Gasteiger partial charge in [-0.25, -0.2) is 8.42 Å².